The van der Waals surface area contributed by atoms with E-state index >= 15 is 0 Å². The molecule has 0 bridgehead atoms. The molecule has 1 aliphatic rings. The monoisotopic (exact) mass is 299 g/mol. The third-order valence-corrected chi connectivity index (χ3v) is 4.51. The molecule has 116 valence electrons. The second kappa shape index (κ2) is 6.18. The summed E-state index contributed by atoms with van der Waals surface area (Å²) < 4.78 is 40.3. The van der Waals surface area contributed by atoms with Crippen molar-refractivity contribution in [2.45, 2.75) is 45.1 Å². The van der Waals surface area contributed by atoms with Gasteiger partial charge >= 0.3 is 0 Å². The third kappa shape index (κ3) is 2.84. The highest BCUT2D eigenvalue weighted by Crippen LogP contribution is 2.29. The van der Waals surface area contributed by atoms with Gasteiger partial charge in [-0.1, -0.05) is 13.3 Å². The minimum Gasteiger partial charge on any atom is -0.292 e. The Balaban J connectivity index is 2.38. The molecule has 2 rings (SSSR count). The van der Waals surface area contributed by atoms with Crippen molar-refractivity contribution in [2.75, 3.05) is 13.1 Å². The van der Waals surface area contributed by atoms with Gasteiger partial charge in [0.1, 0.15) is 0 Å². The standard InChI is InChI=1S/C16H20F3NO/c1-3-16(2,20-9-5-4-6-10-20)15(21)11-7-8-12(17)14(19)13(11)18/h7-8H,3-6,9-10H2,1-2H3. The lowest BCUT2D eigenvalue weighted by molar-refractivity contribution is 0.0500. The molecule has 0 spiro atoms. The minimum atomic E-state index is -1.59. The van der Waals surface area contributed by atoms with E-state index in [-0.39, 0.29) is 5.56 Å². The first-order valence-corrected chi connectivity index (χ1v) is 7.35. The summed E-state index contributed by atoms with van der Waals surface area (Å²) in [6.07, 6.45) is 3.58. The van der Waals surface area contributed by atoms with Gasteiger partial charge in [0, 0.05) is 0 Å². The van der Waals surface area contributed by atoms with Crippen LogP contribution in [0.2, 0.25) is 0 Å². The average Bonchev–Trinajstić information content (AvgIpc) is 2.52. The normalized spacial score (nSPS) is 19.3. The van der Waals surface area contributed by atoms with E-state index in [1.807, 2.05) is 11.8 Å². The molecule has 1 fully saturated rings. The lowest BCUT2D eigenvalue weighted by Crippen LogP contribution is -2.54. The highest BCUT2D eigenvalue weighted by molar-refractivity contribution is 6.03. The zero-order valence-electron chi connectivity index (χ0n) is 12.4. The Hall–Kier alpha value is -1.36. The maximum absolute atomic E-state index is 13.9. The lowest BCUT2D eigenvalue weighted by Gasteiger charge is -2.41. The number of halogens is 3. The van der Waals surface area contributed by atoms with Gasteiger partial charge in [-0.15, -0.1) is 0 Å². The molecule has 1 heterocycles. The summed E-state index contributed by atoms with van der Waals surface area (Å²) in [4.78, 5) is 14.7. The maximum atomic E-state index is 13.9. The van der Waals surface area contributed by atoms with Gasteiger partial charge in [0.2, 0.25) is 0 Å². The number of piperidine rings is 1. The van der Waals surface area contributed by atoms with Gasteiger partial charge in [-0.2, -0.15) is 0 Å². The summed E-state index contributed by atoms with van der Waals surface area (Å²) in [5.41, 5.74) is -1.25. The number of rotatable bonds is 4. The number of hydrogen-bond acceptors (Lipinski definition) is 2. The first-order valence-electron chi connectivity index (χ1n) is 7.35. The molecule has 0 radical (unpaired) electrons. The first kappa shape index (κ1) is 16.0. The highest BCUT2D eigenvalue weighted by atomic mass is 19.2. The fraction of sp³-hybridized carbons (Fsp3) is 0.562. The number of benzene rings is 1. The van der Waals surface area contributed by atoms with E-state index in [1.165, 1.54) is 0 Å². The summed E-state index contributed by atoms with van der Waals surface area (Å²) in [7, 11) is 0. The van der Waals surface area contributed by atoms with Gasteiger partial charge in [0.05, 0.1) is 11.1 Å². The summed E-state index contributed by atoms with van der Waals surface area (Å²) in [6.45, 7) is 5.13. The van der Waals surface area contributed by atoms with Crippen LogP contribution in [0.15, 0.2) is 12.1 Å². The second-order valence-corrected chi connectivity index (χ2v) is 5.73. The van der Waals surface area contributed by atoms with E-state index in [9.17, 15) is 18.0 Å². The largest absolute Gasteiger partial charge is 0.292 e. The molecule has 0 amide bonds. The van der Waals surface area contributed by atoms with Crippen molar-refractivity contribution in [2.24, 2.45) is 0 Å². The molecular weight excluding hydrogens is 279 g/mol. The quantitative estimate of drug-likeness (QED) is 0.620. The second-order valence-electron chi connectivity index (χ2n) is 5.73. The van der Waals surface area contributed by atoms with Crippen molar-refractivity contribution in [1.82, 2.24) is 4.90 Å². The SMILES string of the molecule is CCC(C)(C(=O)c1ccc(F)c(F)c1F)N1CCCCC1. The molecule has 1 atom stereocenters. The van der Waals surface area contributed by atoms with Crippen LogP contribution in [0.3, 0.4) is 0 Å². The smallest absolute Gasteiger partial charge is 0.195 e. The zero-order chi connectivity index (χ0) is 15.6. The number of ketones is 1. The Kier molecular flexibility index (Phi) is 4.71. The minimum absolute atomic E-state index is 0.371. The Morgan fingerprint density at radius 1 is 1.14 bits per heavy atom. The van der Waals surface area contributed by atoms with Crippen LogP contribution in [0, 0.1) is 17.5 Å². The molecule has 0 N–H and O–H groups in total. The zero-order valence-corrected chi connectivity index (χ0v) is 12.4. The number of hydrogen-bond donors (Lipinski definition) is 0. The van der Waals surface area contributed by atoms with Crippen molar-refractivity contribution < 1.29 is 18.0 Å². The summed E-state index contributed by atoms with van der Waals surface area (Å²) in [6, 6.07) is 1.84. The predicted molar refractivity (Wildman–Crippen MR) is 74.8 cm³/mol. The van der Waals surface area contributed by atoms with E-state index in [4.69, 9.17) is 0 Å². The molecule has 0 saturated carbocycles. The summed E-state index contributed by atoms with van der Waals surface area (Å²) in [5, 5.41) is 0. The molecule has 21 heavy (non-hydrogen) atoms. The molecule has 5 heteroatoms. The van der Waals surface area contributed by atoms with Gasteiger partial charge in [-0.05, 0) is 51.4 Å². The lowest BCUT2D eigenvalue weighted by atomic mass is 9.85. The average molecular weight is 299 g/mol. The van der Waals surface area contributed by atoms with Crippen LogP contribution < -0.4 is 0 Å². The summed E-state index contributed by atoms with van der Waals surface area (Å²) in [5.74, 6) is -4.74. The maximum Gasteiger partial charge on any atom is 0.195 e. The van der Waals surface area contributed by atoms with Crippen LogP contribution >= 0.6 is 0 Å². The van der Waals surface area contributed by atoms with Crippen molar-refractivity contribution >= 4 is 5.78 Å². The van der Waals surface area contributed by atoms with E-state index in [0.717, 1.165) is 44.5 Å². The van der Waals surface area contributed by atoms with Crippen LogP contribution in [0.1, 0.15) is 49.9 Å². The Morgan fingerprint density at radius 3 is 2.33 bits per heavy atom. The Bertz CT molecular complexity index is 541. The molecule has 1 aromatic carbocycles. The van der Waals surface area contributed by atoms with Gasteiger partial charge in [-0.25, -0.2) is 13.2 Å². The van der Waals surface area contributed by atoms with Crippen molar-refractivity contribution in [3.8, 4) is 0 Å². The topological polar surface area (TPSA) is 20.3 Å². The molecule has 1 aromatic rings. The molecular formula is C16H20F3NO. The molecule has 1 saturated heterocycles. The first-order chi connectivity index (χ1) is 9.91. The number of likely N-dealkylation sites (tertiary alicyclic amines) is 1. The molecule has 2 nitrogen and oxygen atoms in total. The molecule has 1 aliphatic heterocycles. The highest BCUT2D eigenvalue weighted by Gasteiger charge is 2.40. The molecule has 0 aromatic heterocycles. The fourth-order valence-electron chi connectivity index (χ4n) is 2.91. The van der Waals surface area contributed by atoms with Gasteiger partial charge in [-0.3, -0.25) is 9.69 Å². The van der Waals surface area contributed by atoms with Crippen LogP contribution in [0.5, 0.6) is 0 Å². The van der Waals surface area contributed by atoms with Crippen molar-refractivity contribution in [3.63, 3.8) is 0 Å². The van der Waals surface area contributed by atoms with Crippen LogP contribution in [-0.4, -0.2) is 29.3 Å². The fourth-order valence-corrected chi connectivity index (χ4v) is 2.91. The van der Waals surface area contributed by atoms with E-state index < -0.39 is 28.8 Å². The van der Waals surface area contributed by atoms with Gasteiger partial charge < -0.3 is 0 Å². The van der Waals surface area contributed by atoms with Crippen molar-refractivity contribution in [1.29, 1.82) is 0 Å². The van der Waals surface area contributed by atoms with E-state index in [2.05, 4.69) is 0 Å². The van der Waals surface area contributed by atoms with Crippen LogP contribution in [0.4, 0.5) is 13.2 Å². The third-order valence-electron chi connectivity index (χ3n) is 4.51. The number of carbonyl (C=O) groups excluding carboxylic acids is 1. The molecule has 0 aliphatic carbocycles. The Labute approximate surface area is 122 Å². The number of Topliss-reactive ketones (excluding diaryl/α,β-unsaturated/α-hetero) is 1. The van der Waals surface area contributed by atoms with Crippen LogP contribution in [0.25, 0.3) is 0 Å². The predicted octanol–water partition coefficient (Wildman–Crippen LogP) is 3.94. The van der Waals surface area contributed by atoms with Crippen LogP contribution in [-0.2, 0) is 0 Å². The number of nitrogens with zero attached hydrogens (tertiary/aromatic N) is 1. The Morgan fingerprint density at radius 2 is 1.76 bits per heavy atom. The number of carbonyl (C=O) groups is 1. The van der Waals surface area contributed by atoms with Crippen molar-refractivity contribution in [3.05, 3.63) is 35.1 Å². The van der Waals surface area contributed by atoms with E-state index in [1.54, 1.807) is 6.92 Å². The van der Waals surface area contributed by atoms with Gasteiger partial charge in [0.25, 0.3) is 0 Å². The summed E-state index contributed by atoms with van der Waals surface area (Å²) >= 11 is 0. The molecule has 1 unspecified atom stereocenters. The van der Waals surface area contributed by atoms with Gasteiger partial charge in [0.15, 0.2) is 23.2 Å². The van der Waals surface area contributed by atoms with E-state index in [0.29, 0.717) is 6.42 Å².